The Balaban J connectivity index is 1.66. The fourth-order valence-corrected chi connectivity index (χ4v) is 9.34. The molecule has 31 heteroatoms. The summed E-state index contributed by atoms with van der Waals surface area (Å²) < 4.78 is 23.1. The van der Waals surface area contributed by atoms with Gasteiger partial charge in [-0.1, -0.05) is 55.4 Å². The van der Waals surface area contributed by atoms with Crippen LogP contribution in [0, 0.1) is 23.7 Å². The van der Waals surface area contributed by atoms with Crippen LogP contribution in [0.3, 0.4) is 0 Å². The van der Waals surface area contributed by atoms with Crippen LogP contribution < -0.4 is 48.3 Å². The van der Waals surface area contributed by atoms with E-state index in [1.807, 2.05) is 0 Å². The highest BCUT2D eigenvalue weighted by molar-refractivity contribution is 5.98. The molecule has 3 heterocycles. The lowest BCUT2D eigenvalue weighted by Crippen LogP contribution is -2.68. The lowest BCUT2D eigenvalue weighted by atomic mass is 9.95. The molecule has 20 atom stereocenters. The van der Waals surface area contributed by atoms with Crippen LogP contribution in [0.1, 0.15) is 103 Å². The molecule has 83 heavy (non-hydrogen) atoms. The van der Waals surface area contributed by atoms with Gasteiger partial charge in [0.25, 0.3) is 0 Å². The van der Waals surface area contributed by atoms with Gasteiger partial charge in [-0.2, -0.15) is 0 Å². The first-order valence-corrected chi connectivity index (χ1v) is 27.8. The lowest BCUT2D eigenvalue weighted by molar-refractivity contribution is -0.347. The van der Waals surface area contributed by atoms with Gasteiger partial charge < -0.3 is 108 Å². The van der Waals surface area contributed by atoms with Crippen LogP contribution in [-0.2, 0) is 66.9 Å². The number of amides is 9. The molecule has 9 amide bonds. The van der Waals surface area contributed by atoms with Crippen molar-refractivity contribution in [1.82, 2.24) is 47.4 Å². The monoisotopic (exact) mass is 1190 g/mol. The number of ether oxygens (including phenoxy) is 4. The molecule has 3 rings (SSSR count). The number of carbonyl (C=O) groups is 10. The summed E-state index contributed by atoms with van der Waals surface area (Å²) in [7, 11) is 0. The SMILES string of the molecule is CC(=O)NC1[C@@H](OC(C)[C@H](N)C(=O)NC(C(=O)N2CCC[C@H]2C(=O)NC(C)C(=O)N[C@@H](C)C(=O)NC(C(=O)N[C@H](C(=O)NC(C(=O)N[C@@H](C)C(=O)O)C(C)C)C(C)C)C(C)C)C(C)C)OC(CO)[C@H](O)[C@@H]1O[C@@H]1OC(CO)[C@H](O)C(O)[C@@H]1O. The van der Waals surface area contributed by atoms with E-state index in [-0.39, 0.29) is 13.0 Å². The minimum absolute atomic E-state index is 0.0872. The van der Waals surface area contributed by atoms with Gasteiger partial charge in [0.05, 0.1) is 19.3 Å². The van der Waals surface area contributed by atoms with Crippen molar-refractivity contribution in [2.45, 2.75) is 225 Å². The van der Waals surface area contributed by atoms with Gasteiger partial charge in [0, 0.05) is 13.5 Å². The number of carboxylic acid groups (broad SMARTS) is 1. The minimum Gasteiger partial charge on any atom is -0.480 e. The van der Waals surface area contributed by atoms with Crippen LogP contribution in [0.2, 0.25) is 0 Å². The molecule has 17 N–H and O–H groups in total. The number of likely N-dealkylation sites (tertiary alicyclic amines) is 1. The molecular weight excluding hydrogens is 1100 g/mol. The fourth-order valence-electron chi connectivity index (χ4n) is 9.34. The highest BCUT2D eigenvalue weighted by atomic mass is 16.7. The zero-order chi connectivity index (χ0) is 63.2. The predicted octanol–water partition coefficient (Wildman–Crippen LogP) is -6.36. The molecule has 0 radical (unpaired) electrons. The molecule has 9 unspecified atom stereocenters. The van der Waals surface area contributed by atoms with Gasteiger partial charge >= 0.3 is 5.97 Å². The zero-order valence-electron chi connectivity index (χ0n) is 49.3. The number of aliphatic carboxylic acids is 1. The van der Waals surface area contributed by atoms with Gasteiger partial charge in [-0.05, 0) is 64.2 Å². The smallest absolute Gasteiger partial charge is 0.325 e. The molecule has 0 aromatic carbocycles. The van der Waals surface area contributed by atoms with Crippen molar-refractivity contribution in [3.05, 3.63) is 0 Å². The molecule has 3 aliphatic rings. The van der Waals surface area contributed by atoms with Gasteiger partial charge in [-0.25, -0.2) is 0 Å². The van der Waals surface area contributed by atoms with Crippen molar-refractivity contribution in [1.29, 1.82) is 0 Å². The molecule has 0 aromatic rings. The Bertz CT molecular complexity index is 2260. The third-order valence-corrected chi connectivity index (χ3v) is 14.6. The lowest BCUT2D eigenvalue weighted by Gasteiger charge is -2.48. The quantitative estimate of drug-likeness (QED) is 0.0346. The van der Waals surface area contributed by atoms with Crippen molar-refractivity contribution in [2.75, 3.05) is 19.8 Å². The third-order valence-electron chi connectivity index (χ3n) is 14.6. The highest BCUT2D eigenvalue weighted by Gasteiger charge is 2.52. The molecule has 31 nitrogen and oxygen atoms in total. The van der Waals surface area contributed by atoms with E-state index < -0.39 is 218 Å². The van der Waals surface area contributed by atoms with Crippen molar-refractivity contribution in [2.24, 2.45) is 29.4 Å². The predicted molar refractivity (Wildman–Crippen MR) is 289 cm³/mol. The molecule has 0 bridgehead atoms. The molecule has 0 aliphatic carbocycles. The molecule has 3 aliphatic heterocycles. The first kappa shape index (κ1) is 71.5. The number of aliphatic hydroxyl groups excluding tert-OH is 6. The second-order valence-corrected chi connectivity index (χ2v) is 22.7. The van der Waals surface area contributed by atoms with Crippen molar-refractivity contribution in [3.63, 3.8) is 0 Å². The van der Waals surface area contributed by atoms with E-state index in [1.54, 1.807) is 55.4 Å². The van der Waals surface area contributed by atoms with E-state index in [1.165, 1.54) is 32.6 Å². The Morgan fingerprint density at radius 1 is 0.554 bits per heavy atom. The van der Waals surface area contributed by atoms with E-state index in [4.69, 9.17) is 24.7 Å². The zero-order valence-corrected chi connectivity index (χ0v) is 49.3. The summed E-state index contributed by atoms with van der Waals surface area (Å²) in [5.41, 5.74) is 6.38. The summed E-state index contributed by atoms with van der Waals surface area (Å²) in [5, 5.41) is 91.9. The van der Waals surface area contributed by atoms with E-state index in [9.17, 15) is 83.7 Å². The summed E-state index contributed by atoms with van der Waals surface area (Å²) in [6, 6.07) is -12.8. The van der Waals surface area contributed by atoms with Gasteiger partial charge in [0.15, 0.2) is 12.6 Å². The molecular formula is C52H90N10O21. The van der Waals surface area contributed by atoms with E-state index in [2.05, 4.69) is 42.5 Å². The molecule has 3 fully saturated rings. The topological polar surface area (TPSA) is 475 Å². The van der Waals surface area contributed by atoms with Gasteiger partial charge in [0.2, 0.25) is 53.2 Å². The Kier molecular flexibility index (Phi) is 27.5. The molecule has 0 saturated carbocycles. The van der Waals surface area contributed by atoms with Crippen molar-refractivity contribution in [3.8, 4) is 0 Å². The minimum atomic E-state index is -1.93. The first-order valence-electron chi connectivity index (χ1n) is 27.8. The van der Waals surface area contributed by atoms with Crippen LogP contribution >= 0.6 is 0 Å². The first-order chi connectivity index (χ1) is 38.6. The Morgan fingerprint density at radius 2 is 0.988 bits per heavy atom. The summed E-state index contributed by atoms with van der Waals surface area (Å²) in [4.78, 5) is 134. The van der Waals surface area contributed by atoms with Crippen LogP contribution in [0.4, 0.5) is 0 Å². The van der Waals surface area contributed by atoms with Gasteiger partial charge in [0.1, 0.15) is 103 Å². The van der Waals surface area contributed by atoms with Crippen LogP contribution in [0.15, 0.2) is 0 Å². The number of nitrogens with one attached hydrogen (secondary N) is 8. The van der Waals surface area contributed by atoms with E-state index in [0.717, 1.165) is 6.92 Å². The van der Waals surface area contributed by atoms with Gasteiger partial charge in [-0.15, -0.1) is 0 Å². The van der Waals surface area contributed by atoms with Crippen LogP contribution in [0.5, 0.6) is 0 Å². The fraction of sp³-hybridized carbons (Fsp3) is 0.808. The molecule has 0 spiro atoms. The maximum absolute atomic E-state index is 14.2. The number of nitrogens with two attached hydrogens (primary N) is 1. The number of hydrogen-bond donors (Lipinski definition) is 16. The van der Waals surface area contributed by atoms with Crippen molar-refractivity contribution >= 4 is 59.1 Å². The molecule has 3 saturated heterocycles. The summed E-state index contributed by atoms with van der Waals surface area (Å²) in [5.74, 6) is -10.2. The second-order valence-electron chi connectivity index (χ2n) is 22.7. The number of hydrogen-bond acceptors (Lipinski definition) is 21. The normalized spacial score (nSPS) is 27.9. The summed E-state index contributed by atoms with van der Waals surface area (Å²) in [6.07, 6.45) is -16.1. The number of carbonyl (C=O) groups excluding carboxylic acids is 9. The number of rotatable bonds is 28. The standard InChI is InChI=1S/C52H90N10O21/c1-19(2)32(46(74)56-25(11)50(78)79)59-48(76)34(21(5)6)60-47(75)33(20(3)4)58-43(71)24(10)54-42(70)23(9)55-44(72)28-15-14-16-62(28)49(77)35(22(7)8)61-45(73)31(53)26(12)80-51-36(57-27(13)65)41(38(67)30(18-64)81-51)83-52-40(69)39(68)37(66)29(17-63)82-52/h19-26,28-41,51-52,63-64,66-69H,14-18,53H2,1-13H3,(H,54,70)(H,55,72)(H,56,74)(H,57,65)(H,58,71)(H,59,76)(H,60,75)(H,61,73)(H,78,79)/t23?,24-,25-,26?,28-,29?,30?,31-,32?,33?,34-,35?,36?,37-,38-,39?,40-,41+,51-,52-/m0/s1. The van der Waals surface area contributed by atoms with Gasteiger partial charge in [-0.3, -0.25) is 47.9 Å². The van der Waals surface area contributed by atoms with Crippen LogP contribution in [0.25, 0.3) is 0 Å². The van der Waals surface area contributed by atoms with E-state index >= 15 is 0 Å². The summed E-state index contributed by atoms with van der Waals surface area (Å²) >= 11 is 0. The Hall–Kier alpha value is -5.74. The maximum atomic E-state index is 14.2. The van der Waals surface area contributed by atoms with Crippen LogP contribution in [-0.4, -0.2) is 241 Å². The number of carboxylic acids is 1. The summed E-state index contributed by atoms with van der Waals surface area (Å²) in [6.45, 7) is 17.9. The Labute approximate surface area is 481 Å². The maximum Gasteiger partial charge on any atom is 0.325 e. The van der Waals surface area contributed by atoms with E-state index in [0.29, 0.717) is 6.42 Å². The van der Waals surface area contributed by atoms with Crippen molar-refractivity contribution < 1.29 is 103 Å². The highest BCUT2D eigenvalue weighted by Crippen LogP contribution is 2.31. The number of nitrogens with zero attached hydrogens (tertiary/aromatic N) is 1. The third kappa shape index (κ3) is 19.1. The molecule has 0 aromatic heterocycles. The average Bonchev–Trinajstić information content (AvgIpc) is 3.79. The second kappa shape index (κ2) is 32.0. The Morgan fingerprint density at radius 3 is 1.47 bits per heavy atom. The molecule has 474 valence electrons. The average molecular weight is 1190 g/mol. The largest absolute Gasteiger partial charge is 0.480 e. The number of aliphatic hydroxyl groups is 6.